The summed E-state index contributed by atoms with van der Waals surface area (Å²) in [7, 11) is 1.56. The van der Waals surface area contributed by atoms with Crippen LogP contribution in [0, 0.1) is 0 Å². The molecule has 1 aliphatic heterocycles. The predicted octanol–water partition coefficient (Wildman–Crippen LogP) is 4.15. The maximum Gasteiger partial charge on any atom is 0.271 e. The van der Waals surface area contributed by atoms with Crippen molar-refractivity contribution in [2.45, 2.75) is 22.6 Å². The van der Waals surface area contributed by atoms with E-state index in [1.165, 1.54) is 5.01 Å². The van der Waals surface area contributed by atoms with Crippen molar-refractivity contribution >= 4 is 50.9 Å². The number of halogens is 1. The molecule has 0 aromatic heterocycles. The van der Waals surface area contributed by atoms with E-state index in [4.69, 9.17) is 0 Å². The third kappa shape index (κ3) is 4.70. The summed E-state index contributed by atoms with van der Waals surface area (Å²) < 4.78 is 1.05. The Morgan fingerprint density at radius 3 is 2.28 bits per heavy atom. The minimum absolute atomic E-state index is 0.0779. The summed E-state index contributed by atoms with van der Waals surface area (Å²) in [4.78, 5) is 25.9. The zero-order valence-corrected chi connectivity index (χ0v) is 15.9. The van der Waals surface area contributed by atoms with Crippen LogP contribution in [-0.4, -0.2) is 29.6 Å². The van der Waals surface area contributed by atoms with Gasteiger partial charge in [0, 0.05) is 39.8 Å². The SMILES string of the molecule is CN1N=C(C(=O)Nc2ccc(Sc3ccc(Br)cc3)cc2)CCC1=O. The van der Waals surface area contributed by atoms with Crippen LogP contribution in [-0.2, 0) is 9.59 Å². The number of carbonyl (C=O) groups is 2. The molecular weight excluding hydrogens is 402 g/mol. The van der Waals surface area contributed by atoms with Crippen LogP contribution in [0.3, 0.4) is 0 Å². The van der Waals surface area contributed by atoms with Gasteiger partial charge < -0.3 is 5.32 Å². The first-order chi connectivity index (χ1) is 12.0. The summed E-state index contributed by atoms with van der Waals surface area (Å²) in [6.07, 6.45) is 0.679. The first-order valence-electron chi connectivity index (χ1n) is 7.70. The Balaban J connectivity index is 1.62. The Bertz CT molecular complexity index is 819. The molecule has 7 heteroatoms. The van der Waals surface area contributed by atoms with Crippen LogP contribution < -0.4 is 5.32 Å². The largest absolute Gasteiger partial charge is 0.321 e. The Kier molecular flexibility index (Phi) is 5.55. The molecule has 0 bridgehead atoms. The van der Waals surface area contributed by atoms with Gasteiger partial charge in [-0.05, 0) is 48.5 Å². The number of rotatable bonds is 4. The maximum atomic E-state index is 12.2. The zero-order valence-electron chi connectivity index (χ0n) is 13.5. The molecule has 1 N–H and O–H groups in total. The van der Waals surface area contributed by atoms with E-state index in [1.54, 1.807) is 18.8 Å². The van der Waals surface area contributed by atoms with Crippen molar-refractivity contribution in [3.05, 3.63) is 53.0 Å². The second-order valence-corrected chi connectivity index (χ2v) is 7.56. The van der Waals surface area contributed by atoms with Gasteiger partial charge in [-0.3, -0.25) is 9.59 Å². The van der Waals surface area contributed by atoms with Crippen molar-refractivity contribution in [2.75, 3.05) is 12.4 Å². The molecule has 5 nitrogen and oxygen atoms in total. The molecule has 0 radical (unpaired) electrons. The molecular formula is C18H16BrN3O2S. The predicted molar refractivity (Wildman–Crippen MR) is 103 cm³/mol. The lowest BCUT2D eigenvalue weighted by molar-refractivity contribution is -0.130. The highest BCUT2D eigenvalue weighted by molar-refractivity contribution is 9.10. The van der Waals surface area contributed by atoms with Gasteiger partial charge in [-0.1, -0.05) is 27.7 Å². The monoisotopic (exact) mass is 417 g/mol. The molecule has 3 rings (SSSR count). The summed E-state index contributed by atoms with van der Waals surface area (Å²) in [6.45, 7) is 0. The average molecular weight is 418 g/mol. The number of anilines is 1. The molecule has 0 aliphatic carbocycles. The summed E-state index contributed by atoms with van der Waals surface area (Å²) in [5.41, 5.74) is 1.07. The van der Waals surface area contributed by atoms with Crippen LogP contribution in [0.15, 0.2) is 67.9 Å². The first-order valence-corrected chi connectivity index (χ1v) is 9.31. The quantitative estimate of drug-likeness (QED) is 0.812. The van der Waals surface area contributed by atoms with Crippen LogP contribution >= 0.6 is 27.7 Å². The van der Waals surface area contributed by atoms with E-state index in [0.717, 1.165) is 14.3 Å². The average Bonchev–Trinajstić information content (AvgIpc) is 2.61. The Hall–Kier alpha value is -2.12. The van der Waals surface area contributed by atoms with E-state index in [-0.39, 0.29) is 11.8 Å². The van der Waals surface area contributed by atoms with Gasteiger partial charge in [-0.2, -0.15) is 5.10 Å². The molecule has 0 unspecified atom stereocenters. The third-order valence-electron chi connectivity index (χ3n) is 3.63. The Morgan fingerprint density at radius 1 is 1.08 bits per heavy atom. The van der Waals surface area contributed by atoms with Gasteiger partial charge in [-0.15, -0.1) is 0 Å². The molecule has 1 heterocycles. The highest BCUT2D eigenvalue weighted by Gasteiger charge is 2.21. The smallest absolute Gasteiger partial charge is 0.271 e. The van der Waals surface area contributed by atoms with Crippen LogP contribution in [0.2, 0.25) is 0 Å². The number of amides is 2. The number of benzene rings is 2. The summed E-state index contributed by atoms with van der Waals surface area (Å²) in [6, 6.07) is 15.7. The van der Waals surface area contributed by atoms with Crippen LogP contribution in [0.5, 0.6) is 0 Å². The molecule has 1 aliphatic rings. The van der Waals surface area contributed by atoms with Crippen molar-refractivity contribution in [1.29, 1.82) is 0 Å². The Labute approximate surface area is 158 Å². The van der Waals surface area contributed by atoms with Gasteiger partial charge in [0.05, 0.1) is 0 Å². The fourth-order valence-electron chi connectivity index (χ4n) is 2.28. The zero-order chi connectivity index (χ0) is 17.8. The standard InChI is InChI=1S/C18H16BrN3O2S/c1-22-17(23)11-10-16(21-22)18(24)20-13-4-8-15(9-5-13)25-14-6-2-12(19)3-7-14/h2-9H,10-11H2,1H3,(H,20,24). The van der Waals surface area contributed by atoms with Crippen molar-refractivity contribution in [2.24, 2.45) is 5.10 Å². The molecule has 0 atom stereocenters. The molecule has 128 valence electrons. The fraction of sp³-hybridized carbons (Fsp3) is 0.167. The van der Waals surface area contributed by atoms with Crippen LogP contribution in [0.1, 0.15) is 12.8 Å². The lowest BCUT2D eigenvalue weighted by Crippen LogP contribution is -2.34. The van der Waals surface area contributed by atoms with Crippen molar-refractivity contribution in [1.82, 2.24) is 5.01 Å². The number of hydrazone groups is 1. The van der Waals surface area contributed by atoms with E-state index in [9.17, 15) is 9.59 Å². The molecule has 0 fully saturated rings. The van der Waals surface area contributed by atoms with Gasteiger partial charge in [-0.25, -0.2) is 5.01 Å². The van der Waals surface area contributed by atoms with Gasteiger partial charge in [0.25, 0.3) is 5.91 Å². The third-order valence-corrected chi connectivity index (χ3v) is 5.18. The van der Waals surface area contributed by atoms with E-state index in [2.05, 4.69) is 26.3 Å². The lowest BCUT2D eigenvalue weighted by Gasteiger charge is -2.18. The second-order valence-electron chi connectivity index (χ2n) is 5.50. The summed E-state index contributed by atoms with van der Waals surface area (Å²) in [5, 5.41) is 8.06. The minimum atomic E-state index is -0.271. The topological polar surface area (TPSA) is 61.8 Å². The molecule has 2 aromatic rings. The molecule has 0 spiro atoms. The number of hydrogen-bond donors (Lipinski definition) is 1. The van der Waals surface area contributed by atoms with Crippen LogP contribution in [0.4, 0.5) is 5.69 Å². The second kappa shape index (κ2) is 7.84. The number of hydrogen-bond acceptors (Lipinski definition) is 4. The summed E-state index contributed by atoms with van der Waals surface area (Å²) in [5.74, 6) is -0.349. The van der Waals surface area contributed by atoms with Gasteiger partial charge in [0.1, 0.15) is 5.71 Å². The van der Waals surface area contributed by atoms with Crippen LogP contribution in [0.25, 0.3) is 0 Å². The van der Waals surface area contributed by atoms with Gasteiger partial charge in [0.15, 0.2) is 0 Å². The van der Waals surface area contributed by atoms with E-state index in [0.29, 0.717) is 24.2 Å². The number of nitrogens with zero attached hydrogens (tertiary/aromatic N) is 2. The van der Waals surface area contributed by atoms with Gasteiger partial charge >= 0.3 is 0 Å². The van der Waals surface area contributed by atoms with Crippen molar-refractivity contribution in [3.63, 3.8) is 0 Å². The molecule has 25 heavy (non-hydrogen) atoms. The molecule has 2 amide bonds. The molecule has 0 saturated carbocycles. The normalized spacial score (nSPS) is 14.2. The van der Waals surface area contributed by atoms with Crippen molar-refractivity contribution < 1.29 is 9.59 Å². The number of carbonyl (C=O) groups excluding carboxylic acids is 2. The highest BCUT2D eigenvalue weighted by Crippen LogP contribution is 2.29. The maximum absolute atomic E-state index is 12.2. The van der Waals surface area contributed by atoms with E-state index in [1.807, 2.05) is 48.5 Å². The van der Waals surface area contributed by atoms with E-state index >= 15 is 0 Å². The number of nitrogens with one attached hydrogen (secondary N) is 1. The van der Waals surface area contributed by atoms with Gasteiger partial charge in [0.2, 0.25) is 5.91 Å². The highest BCUT2D eigenvalue weighted by atomic mass is 79.9. The lowest BCUT2D eigenvalue weighted by atomic mass is 10.1. The van der Waals surface area contributed by atoms with Crippen molar-refractivity contribution in [3.8, 4) is 0 Å². The molecule has 0 saturated heterocycles. The fourth-order valence-corrected chi connectivity index (χ4v) is 3.36. The Morgan fingerprint density at radius 2 is 1.68 bits per heavy atom. The molecule has 2 aromatic carbocycles. The summed E-state index contributed by atoms with van der Waals surface area (Å²) >= 11 is 5.07. The van der Waals surface area contributed by atoms with E-state index < -0.39 is 0 Å². The first kappa shape index (κ1) is 17.7. The minimum Gasteiger partial charge on any atom is -0.321 e.